The fourth-order valence-electron chi connectivity index (χ4n) is 2.56. The number of hydrogen-bond donors (Lipinski definition) is 2. The summed E-state index contributed by atoms with van der Waals surface area (Å²) >= 11 is 0. The Morgan fingerprint density at radius 3 is 2.37 bits per heavy atom. The molecule has 0 heterocycles. The molecular formula is C23H21FN2O4. The lowest BCUT2D eigenvalue weighted by atomic mass is 10.2. The summed E-state index contributed by atoms with van der Waals surface area (Å²) in [6.45, 7) is -0.133. The first kappa shape index (κ1) is 20.9. The van der Waals surface area contributed by atoms with Crippen LogP contribution < -0.4 is 20.1 Å². The lowest BCUT2D eigenvalue weighted by Gasteiger charge is -2.10. The molecule has 0 saturated heterocycles. The van der Waals surface area contributed by atoms with E-state index in [1.54, 1.807) is 54.6 Å². The van der Waals surface area contributed by atoms with E-state index in [4.69, 9.17) is 9.47 Å². The van der Waals surface area contributed by atoms with Crippen LogP contribution in [0.2, 0.25) is 0 Å². The third kappa shape index (κ3) is 6.94. The van der Waals surface area contributed by atoms with Gasteiger partial charge >= 0.3 is 0 Å². The summed E-state index contributed by atoms with van der Waals surface area (Å²) in [5.74, 6) is -0.138. The number of halogens is 1. The van der Waals surface area contributed by atoms with Gasteiger partial charge in [-0.05, 0) is 42.0 Å². The van der Waals surface area contributed by atoms with Gasteiger partial charge in [-0.1, -0.05) is 36.4 Å². The number of nitrogens with one attached hydrogen (secondary N) is 2. The Bertz CT molecular complexity index is 995. The van der Waals surface area contributed by atoms with Crippen LogP contribution in [0.4, 0.5) is 10.1 Å². The molecular weight excluding hydrogens is 387 g/mol. The minimum absolute atomic E-state index is 0.176. The summed E-state index contributed by atoms with van der Waals surface area (Å²) < 4.78 is 24.1. The number of carbonyl (C=O) groups is 2. The summed E-state index contributed by atoms with van der Waals surface area (Å²) in [6, 6.07) is 21.9. The topological polar surface area (TPSA) is 76.7 Å². The van der Waals surface area contributed by atoms with Gasteiger partial charge in [0, 0.05) is 11.8 Å². The van der Waals surface area contributed by atoms with E-state index in [1.807, 2.05) is 12.1 Å². The van der Waals surface area contributed by atoms with Crippen molar-refractivity contribution in [2.24, 2.45) is 0 Å². The number of ether oxygens (including phenoxy) is 2. The van der Waals surface area contributed by atoms with Crippen molar-refractivity contribution in [1.29, 1.82) is 0 Å². The van der Waals surface area contributed by atoms with Crippen molar-refractivity contribution in [1.82, 2.24) is 5.32 Å². The third-order valence-electron chi connectivity index (χ3n) is 3.97. The van der Waals surface area contributed by atoms with E-state index in [9.17, 15) is 14.0 Å². The highest BCUT2D eigenvalue weighted by Crippen LogP contribution is 2.16. The second-order valence-electron chi connectivity index (χ2n) is 6.37. The molecule has 0 aliphatic rings. The van der Waals surface area contributed by atoms with Crippen molar-refractivity contribution < 1.29 is 23.5 Å². The highest BCUT2D eigenvalue weighted by atomic mass is 19.1. The molecule has 2 amide bonds. The van der Waals surface area contributed by atoms with E-state index in [-0.39, 0.29) is 31.5 Å². The van der Waals surface area contributed by atoms with Gasteiger partial charge < -0.3 is 20.1 Å². The molecule has 0 atom stereocenters. The molecule has 0 fully saturated rings. The maximum atomic E-state index is 13.2. The van der Waals surface area contributed by atoms with Crippen molar-refractivity contribution in [2.75, 3.05) is 18.5 Å². The Hall–Kier alpha value is -3.87. The summed E-state index contributed by atoms with van der Waals surface area (Å²) in [7, 11) is 0. The summed E-state index contributed by atoms with van der Waals surface area (Å²) in [5.41, 5.74) is 1.37. The molecule has 0 aromatic heterocycles. The van der Waals surface area contributed by atoms with Crippen LogP contribution in [0.25, 0.3) is 0 Å². The van der Waals surface area contributed by atoms with E-state index >= 15 is 0 Å². The molecule has 0 aliphatic heterocycles. The molecule has 3 aromatic carbocycles. The van der Waals surface area contributed by atoms with Crippen molar-refractivity contribution in [3.8, 4) is 11.5 Å². The first-order valence-corrected chi connectivity index (χ1v) is 9.30. The molecule has 0 radical (unpaired) electrons. The van der Waals surface area contributed by atoms with Gasteiger partial charge in [-0.2, -0.15) is 0 Å². The minimum atomic E-state index is -0.397. The molecule has 7 heteroatoms. The Kier molecular flexibility index (Phi) is 7.38. The molecule has 3 aromatic rings. The monoisotopic (exact) mass is 408 g/mol. The first-order chi connectivity index (χ1) is 14.6. The molecule has 0 spiro atoms. The van der Waals surface area contributed by atoms with Gasteiger partial charge in [0.05, 0.1) is 6.54 Å². The summed E-state index contributed by atoms with van der Waals surface area (Å²) in [5, 5.41) is 5.21. The zero-order valence-electron chi connectivity index (χ0n) is 16.1. The van der Waals surface area contributed by atoms with Crippen LogP contribution in [0.1, 0.15) is 5.56 Å². The molecule has 0 saturated carbocycles. The van der Waals surface area contributed by atoms with Gasteiger partial charge in [-0.15, -0.1) is 0 Å². The van der Waals surface area contributed by atoms with Crippen LogP contribution in [-0.2, 0) is 16.2 Å². The number of para-hydroxylation sites is 1. The van der Waals surface area contributed by atoms with Crippen LogP contribution in [0.5, 0.6) is 11.5 Å². The summed E-state index contributed by atoms with van der Waals surface area (Å²) in [6.07, 6.45) is 0. The maximum absolute atomic E-state index is 13.2. The highest BCUT2D eigenvalue weighted by Gasteiger charge is 2.07. The number of hydrogen-bond acceptors (Lipinski definition) is 4. The molecule has 6 nitrogen and oxygen atoms in total. The summed E-state index contributed by atoms with van der Waals surface area (Å²) in [4.78, 5) is 23.9. The van der Waals surface area contributed by atoms with E-state index in [1.165, 1.54) is 12.1 Å². The van der Waals surface area contributed by atoms with Gasteiger partial charge in [-0.3, -0.25) is 9.59 Å². The van der Waals surface area contributed by atoms with Crippen LogP contribution in [0.15, 0.2) is 78.9 Å². The fourth-order valence-corrected chi connectivity index (χ4v) is 2.56. The second kappa shape index (κ2) is 10.6. The number of amides is 2. The standard InChI is InChI=1S/C23H21FN2O4/c24-18-7-5-11-21(13-18)29-15-17-6-4-8-19(12-17)26-22(27)14-25-23(28)16-30-20-9-2-1-3-10-20/h1-13H,14-16H2,(H,25,28)(H,26,27). The normalized spacial score (nSPS) is 10.2. The van der Waals surface area contributed by atoms with Crippen molar-refractivity contribution >= 4 is 17.5 Å². The lowest BCUT2D eigenvalue weighted by molar-refractivity contribution is -0.125. The van der Waals surface area contributed by atoms with E-state index in [2.05, 4.69) is 10.6 Å². The van der Waals surface area contributed by atoms with Gasteiger partial charge in [-0.25, -0.2) is 4.39 Å². The van der Waals surface area contributed by atoms with Gasteiger partial charge in [0.2, 0.25) is 5.91 Å². The van der Waals surface area contributed by atoms with E-state index in [0.717, 1.165) is 5.56 Å². The molecule has 3 rings (SSSR count). The molecule has 2 N–H and O–H groups in total. The van der Waals surface area contributed by atoms with Crippen molar-refractivity contribution in [3.63, 3.8) is 0 Å². The minimum Gasteiger partial charge on any atom is -0.489 e. The third-order valence-corrected chi connectivity index (χ3v) is 3.97. The lowest BCUT2D eigenvalue weighted by Crippen LogP contribution is -2.35. The predicted molar refractivity (Wildman–Crippen MR) is 111 cm³/mol. The molecule has 154 valence electrons. The smallest absolute Gasteiger partial charge is 0.258 e. The Morgan fingerprint density at radius 1 is 0.800 bits per heavy atom. The number of carbonyl (C=O) groups excluding carboxylic acids is 2. The van der Waals surface area contributed by atoms with Gasteiger partial charge in [0.1, 0.15) is 23.9 Å². The molecule has 30 heavy (non-hydrogen) atoms. The van der Waals surface area contributed by atoms with Crippen LogP contribution in [0.3, 0.4) is 0 Å². The van der Waals surface area contributed by atoms with Crippen molar-refractivity contribution in [2.45, 2.75) is 6.61 Å². The SMILES string of the molecule is O=C(COc1ccccc1)NCC(=O)Nc1cccc(COc2cccc(F)c2)c1. The zero-order chi connectivity index (χ0) is 21.2. The number of rotatable bonds is 9. The van der Waals surface area contributed by atoms with Gasteiger partial charge in [0.25, 0.3) is 5.91 Å². The maximum Gasteiger partial charge on any atom is 0.258 e. The second-order valence-corrected chi connectivity index (χ2v) is 6.37. The first-order valence-electron chi connectivity index (χ1n) is 9.30. The Morgan fingerprint density at radius 2 is 1.57 bits per heavy atom. The van der Waals surface area contributed by atoms with Crippen LogP contribution in [-0.4, -0.2) is 25.0 Å². The highest BCUT2D eigenvalue weighted by molar-refractivity contribution is 5.94. The Balaban J connectivity index is 1.42. The largest absolute Gasteiger partial charge is 0.489 e. The molecule has 0 bridgehead atoms. The molecule has 0 unspecified atom stereocenters. The number of anilines is 1. The van der Waals surface area contributed by atoms with Crippen LogP contribution in [0, 0.1) is 5.82 Å². The van der Waals surface area contributed by atoms with Gasteiger partial charge in [0.15, 0.2) is 6.61 Å². The van der Waals surface area contributed by atoms with E-state index in [0.29, 0.717) is 17.2 Å². The zero-order valence-corrected chi connectivity index (χ0v) is 16.1. The number of benzene rings is 3. The quantitative estimate of drug-likeness (QED) is 0.568. The van der Waals surface area contributed by atoms with Crippen molar-refractivity contribution in [3.05, 3.63) is 90.2 Å². The average Bonchev–Trinajstić information content (AvgIpc) is 2.76. The molecule has 0 aliphatic carbocycles. The Labute approximate surface area is 173 Å². The average molecular weight is 408 g/mol. The van der Waals surface area contributed by atoms with E-state index < -0.39 is 5.91 Å². The van der Waals surface area contributed by atoms with Crippen LogP contribution >= 0.6 is 0 Å². The predicted octanol–water partition coefficient (Wildman–Crippen LogP) is 3.54. The fraction of sp³-hybridized carbons (Fsp3) is 0.130.